The lowest BCUT2D eigenvalue weighted by molar-refractivity contribution is 0.240. The third-order valence-corrected chi connectivity index (χ3v) is 3.37. The van der Waals surface area contributed by atoms with Gasteiger partial charge in [-0.05, 0) is 42.5 Å². The van der Waals surface area contributed by atoms with Crippen LogP contribution < -0.4 is 10.6 Å². The Bertz CT molecular complexity index is 593. The average molecular weight is 255 g/mol. The highest BCUT2D eigenvalue weighted by molar-refractivity contribution is 5.79. The summed E-state index contributed by atoms with van der Waals surface area (Å²) in [6.07, 6.45) is 4.28. The summed E-state index contributed by atoms with van der Waals surface area (Å²) in [6.45, 7) is 1.34. The Morgan fingerprint density at radius 1 is 1.26 bits per heavy atom. The summed E-state index contributed by atoms with van der Waals surface area (Å²) in [4.78, 5) is 15.9. The van der Waals surface area contributed by atoms with Crippen LogP contribution in [0.25, 0.3) is 10.9 Å². The average Bonchev–Trinajstić information content (AvgIpc) is 3.27. The van der Waals surface area contributed by atoms with Crippen molar-refractivity contribution >= 4 is 16.9 Å². The van der Waals surface area contributed by atoms with E-state index in [0.717, 1.165) is 23.0 Å². The highest BCUT2D eigenvalue weighted by Crippen LogP contribution is 2.27. The summed E-state index contributed by atoms with van der Waals surface area (Å²) in [6, 6.07) is 9.90. The van der Waals surface area contributed by atoms with E-state index in [1.807, 2.05) is 24.3 Å². The summed E-state index contributed by atoms with van der Waals surface area (Å²) in [5.74, 6) is 0.706. The van der Waals surface area contributed by atoms with Crippen LogP contribution >= 0.6 is 0 Å². The van der Waals surface area contributed by atoms with Gasteiger partial charge in [-0.2, -0.15) is 0 Å². The van der Waals surface area contributed by atoms with Crippen LogP contribution in [0.4, 0.5) is 4.79 Å². The maximum atomic E-state index is 11.6. The number of urea groups is 1. The minimum absolute atomic E-state index is 0.0850. The number of hydrogen-bond donors (Lipinski definition) is 2. The highest BCUT2D eigenvalue weighted by atomic mass is 16.2. The van der Waals surface area contributed by atoms with Crippen molar-refractivity contribution in [2.75, 3.05) is 6.54 Å². The Morgan fingerprint density at radius 3 is 3.00 bits per heavy atom. The van der Waals surface area contributed by atoms with E-state index < -0.39 is 0 Å². The molecule has 1 aromatic heterocycles. The monoisotopic (exact) mass is 255 g/mol. The number of nitrogens with one attached hydrogen (secondary N) is 2. The molecule has 0 bridgehead atoms. The first-order valence-corrected chi connectivity index (χ1v) is 6.66. The molecule has 1 saturated carbocycles. The lowest BCUT2D eigenvalue weighted by Crippen LogP contribution is -2.36. The van der Waals surface area contributed by atoms with Crippen LogP contribution in [0.1, 0.15) is 18.4 Å². The number of carbonyl (C=O) groups is 1. The predicted octanol–water partition coefficient (Wildman–Crippen LogP) is 2.44. The molecule has 19 heavy (non-hydrogen) atoms. The first-order chi connectivity index (χ1) is 9.31. The molecule has 0 aliphatic heterocycles. The largest absolute Gasteiger partial charge is 0.338 e. The summed E-state index contributed by atoms with van der Waals surface area (Å²) in [7, 11) is 0. The predicted molar refractivity (Wildman–Crippen MR) is 74.7 cm³/mol. The standard InChI is InChI=1S/C15H17N3O/c19-15(17-9-11-3-4-11)18-10-12-5-6-14-13(8-12)2-1-7-16-14/h1-2,5-8,11H,3-4,9-10H2,(H2,17,18,19). The van der Waals surface area contributed by atoms with Gasteiger partial charge in [-0.15, -0.1) is 0 Å². The quantitative estimate of drug-likeness (QED) is 0.881. The topological polar surface area (TPSA) is 54.0 Å². The number of aromatic nitrogens is 1. The van der Waals surface area contributed by atoms with Gasteiger partial charge in [-0.1, -0.05) is 12.1 Å². The zero-order chi connectivity index (χ0) is 13.1. The van der Waals surface area contributed by atoms with Crippen LogP contribution in [-0.2, 0) is 6.54 Å². The third kappa shape index (κ3) is 3.22. The molecule has 0 saturated heterocycles. The second-order valence-corrected chi connectivity index (χ2v) is 5.04. The fraction of sp³-hybridized carbons (Fsp3) is 0.333. The van der Waals surface area contributed by atoms with Crippen molar-refractivity contribution < 1.29 is 4.79 Å². The molecule has 1 heterocycles. The van der Waals surface area contributed by atoms with Crippen LogP contribution in [0.3, 0.4) is 0 Å². The number of benzene rings is 1. The molecule has 3 rings (SSSR count). The Kier molecular flexibility index (Phi) is 3.31. The molecule has 2 N–H and O–H groups in total. The van der Waals surface area contributed by atoms with Gasteiger partial charge < -0.3 is 10.6 Å². The summed E-state index contributed by atoms with van der Waals surface area (Å²) in [5.41, 5.74) is 2.06. The van der Waals surface area contributed by atoms with Crippen LogP contribution in [0.15, 0.2) is 36.5 Å². The van der Waals surface area contributed by atoms with E-state index in [0.29, 0.717) is 12.5 Å². The first kappa shape index (κ1) is 12.0. The molecule has 1 aliphatic carbocycles. The van der Waals surface area contributed by atoms with Crippen molar-refractivity contribution in [2.24, 2.45) is 5.92 Å². The first-order valence-electron chi connectivity index (χ1n) is 6.66. The number of amides is 2. The number of nitrogens with zero attached hydrogens (tertiary/aromatic N) is 1. The van der Waals surface area contributed by atoms with Gasteiger partial charge in [-0.3, -0.25) is 4.98 Å². The second-order valence-electron chi connectivity index (χ2n) is 5.04. The van der Waals surface area contributed by atoms with Crippen molar-refractivity contribution in [1.29, 1.82) is 0 Å². The van der Waals surface area contributed by atoms with Crippen molar-refractivity contribution in [3.63, 3.8) is 0 Å². The van der Waals surface area contributed by atoms with Crippen LogP contribution in [0.5, 0.6) is 0 Å². The molecule has 1 fully saturated rings. The van der Waals surface area contributed by atoms with Crippen molar-refractivity contribution in [3.8, 4) is 0 Å². The number of hydrogen-bond acceptors (Lipinski definition) is 2. The smallest absolute Gasteiger partial charge is 0.315 e. The zero-order valence-electron chi connectivity index (χ0n) is 10.7. The van der Waals surface area contributed by atoms with E-state index in [-0.39, 0.29) is 6.03 Å². The Balaban J connectivity index is 1.56. The molecule has 98 valence electrons. The Hall–Kier alpha value is -2.10. The van der Waals surface area contributed by atoms with Crippen molar-refractivity contribution in [2.45, 2.75) is 19.4 Å². The lowest BCUT2D eigenvalue weighted by Gasteiger charge is -2.07. The summed E-state index contributed by atoms with van der Waals surface area (Å²) in [5, 5.41) is 6.86. The van der Waals surface area contributed by atoms with Gasteiger partial charge in [0.25, 0.3) is 0 Å². The van der Waals surface area contributed by atoms with Gasteiger partial charge in [-0.25, -0.2) is 4.79 Å². The Labute approximate surface area is 112 Å². The summed E-state index contributed by atoms with van der Waals surface area (Å²) >= 11 is 0. The number of rotatable bonds is 4. The third-order valence-electron chi connectivity index (χ3n) is 3.37. The molecule has 2 amide bonds. The molecular weight excluding hydrogens is 238 g/mol. The molecule has 1 aromatic carbocycles. The highest BCUT2D eigenvalue weighted by Gasteiger charge is 2.21. The lowest BCUT2D eigenvalue weighted by atomic mass is 10.1. The van der Waals surface area contributed by atoms with Gasteiger partial charge in [0.1, 0.15) is 0 Å². The van der Waals surface area contributed by atoms with Crippen LogP contribution in [0.2, 0.25) is 0 Å². The normalized spacial score (nSPS) is 14.3. The van der Waals surface area contributed by atoms with E-state index >= 15 is 0 Å². The summed E-state index contributed by atoms with van der Waals surface area (Å²) < 4.78 is 0. The van der Waals surface area contributed by atoms with E-state index in [1.165, 1.54) is 12.8 Å². The molecule has 0 atom stereocenters. The molecule has 2 aromatic rings. The van der Waals surface area contributed by atoms with Gasteiger partial charge >= 0.3 is 6.03 Å². The molecule has 0 radical (unpaired) electrons. The molecule has 4 nitrogen and oxygen atoms in total. The van der Waals surface area contributed by atoms with Gasteiger partial charge in [0.2, 0.25) is 0 Å². The molecular formula is C15H17N3O. The minimum atomic E-state index is -0.0850. The van der Waals surface area contributed by atoms with Crippen molar-refractivity contribution in [1.82, 2.24) is 15.6 Å². The molecule has 4 heteroatoms. The van der Waals surface area contributed by atoms with E-state index in [1.54, 1.807) is 6.20 Å². The SMILES string of the molecule is O=C(NCc1ccc2ncccc2c1)NCC1CC1. The zero-order valence-corrected chi connectivity index (χ0v) is 10.7. The fourth-order valence-electron chi connectivity index (χ4n) is 2.04. The van der Waals surface area contributed by atoms with Gasteiger partial charge in [0.15, 0.2) is 0 Å². The fourth-order valence-corrected chi connectivity index (χ4v) is 2.04. The van der Waals surface area contributed by atoms with E-state index in [9.17, 15) is 4.79 Å². The molecule has 1 aliphatic rings. The number of fused-ring (bicyclic) bond motifs is 1. The van der Waals surface area contributed by atoms with Crippen LogP contribution in [0, 0.1) is 5.92 Å². The Morgan fingerprint density at radius 2 is 2.16 bits per heavy atom. The number of pyridine rings is 1. The van der Waals surface area contributed by atoms with Crippen molar-refractivity contribution in [3.05, 3.63) is 42.1 Å². The van der Waals surface area contributed by atoms with Gasteiger partial charge in [0, 0.05) is 24.7 Å². The molecule has 0 spiro atoms. The maximum Gasteiger partial charge on any atom is 0.315 e. The number of carbonyl (C=O) groups excluding carboxylic acids is 1. The minimum Gasteiger partial charge on any atom is -0.338 e. The van der Waals surface area contributed by atoms with E-state index in [2.05, 4.69) is 21.7 Å². The van der Waals surface area contributed by atoms with Gasteiger partial charge in [0.05, 0.1) is 5.52 Å². The maximum absolute atomic E-state index is 11.6. The van der Waals surface area contributed by atoms with E-state index in [4.69, 9.17) is 0 Å². The van der Waals surface area contributed by atoms with Crippen LogP contribution in [-0.4, -0.2) is 17.6 Å². The second kappa shape index (κ2) is 5.26. The molecule has 0 unspecified atom stereocenters.